The number of rotatable bonds is 5. The Bertz CT molecular complexity index is 1040. The molecular formula is C19H15N5O3. The van der Waals surface area contributed by atoms with Crippen molar-refractivity contribution in [2.45, 2.75) is 6.92 Å². The number of imidazole rings is 1. The van der Waals surface area contributed by atoms with Gasteiger partial charge in [0.2, 0.25) is 5.88 Å². The second-order valence-electron chi connectivity index (χ2n) is 5.63. The molecular weight excluding hydrogens is 346 g/mol. The number of benzene rings is 1. The molecule has 0 spiro atoms. The zero-order valence-corrected chi connectivity index (χ0v) is 14.4. The first-order chi connectivity index (χ1) is 13.2. The molecule has 27 heavy (non-hydrogen) atoms. The molecule has 0 saturated heterocycles. The van der Waals surface area contributed by atoms with Gasteiger partial charge >= 0.3 is 0 Å². The molecule has 0 aliphatic rings. The molecule has 1 amide bonds. The van der Waals surface area contributed by atoms with Crippen LogP contribution in [-0.2, 0) is 0 Å². The van der Waals surface area contributed by atoms with Crippen LogP contribution in [0.25, 0.3) is 5.82 Å². The number of amides is 1. The predicted octanol–water partition coefficient (Wildman–Crippen LogP) is 3.61. The lowest BCUT2D eigenvalue weighted by atomic mass is 10.3. The average Bonchev–Trinajstić information content (AvgIpc) is 3.36. The third kappa shape index (κ3) is 3.69. The van der Waals surface area contributed by atoms with Gasteiger partial charge in [-0.05, 0) is 49.4 Å². The van der Waals surface area contributed by atoms with E-state index in [-0.39, 0.29) is 11.7 Å². The van der Waals surface area contributed by atoms with Gasteiger partial charge < -0.3 is 14.5 Å². The fourth-order valence-electron chi connectivity index (χ4n) is 2.44. The molecule has 4 rings (SSSR count). The summed E-state index contributed by atoms with van der Waals surface area (Å²) in [6.07, 6.45) is 4.97. The van der Waals surface area contributed by atoms with Crippen LogP contribution in [0.5, 0.6) is 11.6 Å². The van der Waals surface area contributed by atoms with Gasteiger partial charge in [-0.25, -0.2) is 4.98 Å². The van der Waals surface area contributed by atoms with Crippen molar-refractivity contribution >= 4 is 11.6 Å². The van der Waals surface area contributed by atoms with E-state index in [1.807, 2.05) is 17.7 Å². The van der Waals surface area contributed by atoms with Gasteiger partial charge in [-0.1, -0.05) is 0 Å². The SMILES string of the molecule is Cc1nccn1-c1ccc(Oc2ccc(NC(=O)c3ccco3)cc2)nn1. The number of anilines is 1. The first kappa shape index (κ1) is 16.5. The maximum absolute atomic E-state index is 11.9. The van der Waals surface area contributed by atoms with E-state index in [4.69, 9.17) is 9.15 Å². The molecule has 0 fully saturated rings. The molecule has 0 unspecified atom stereocenters. The lowest BCUT2D eigenvalue weighted by Crippen LogP contribution is -2.10. The predicted molar refractivity (Wildman–Crippen MR) is 97.1 cm³/mol. The Kier molecular flexibility index (Phi) is 4.36. The van der Waals surface area contributed by atoms with Gasteiger partial charge in [0, 0.05) is 24.1 Å². The summed E-state index contributed by atoms with van der Waals surface area (Å²) >= 11 is 0. The third-order valence-corrected chi connectivity index (χ3v) is 3.78. The van der Waals surface area contributed by atoms with Crippen molar-refractivity contribution in [3.05, 3.63) is 78.8 Å². The first-order valence-corrected chi connectivity index (χ1v) is 8.16. The van der Waals surface area contributed by atoms with Gasteiger partial charge in [-0.15, -0.1) is 10.2 Å². The lowest BCUT2D eigenvalue weighted by Gasteiger charge is -2.07. The summed E-state index contributed by atoms with van der Waals surface area (Å²) in [6, 6.07) is 13.7. The summed E-state index contributed by atoms with van der Waals surface area (Å²) in [5.41, 5.74) is 0.626. The normalized spacial score (nSPS) is 10.6. The Morgan fingerprint density at radius 1 is 1.11 bits per heavy atom. The van der Waals surface area contributed by atoms with E-state index in [0.717, 1.165) is 5.82 Å². The van der Waals surface area contributed by atoms with Crippen LogP contribution in [-0.4, -0.2) is 25.7 Å². The smallest absolute Gasteiger partial charge is 0.291 e. The molecule has 0 saturated carbocycles. The van der Waals surface area contributed by atoms with Crippen LogP contribution in [0.4, 0.5) is 5.69 Å². The van der Waals surface area contributed by atoms with Crippen molar-refractivity contribution in [2.75, 3.05) is 5.32 Å². The third-order valence-electron chi connectivity index (χ3n) is 3.78. The van der Waals surface area contributed by atoms with E-state index < -0.39 is 0 Å². The van der Waals surface area contributed by atoms with E-state index in [9.17, 15) is 4.79 Å². The van der Waals surface area contributed by atoms with Crippen molar-refractivity contribution in [2.24, 2.45) is 0 Å². The number of nitrogens with zero attached hydrogens (tertiary/aromatic N) is 4. The van der Waals surface area contributed by atoms with Crippen LogP contribution in [0, 0.1) is 6.92 Å². The van der Waals surface area contributed by atoms with Crippen molar-refractivity contribution in [3.8, 4) is 17.4 Å². The molecule has 3 heterocycles. The zero-order chi connectivity index (χ0) is 18.6. The minimum absolute atomic E-state index is 0.249. The van der Waals surface area contributed by atoms with Crippen LogP contribution in [0.1, 0.15) is 16.4 Å². The highest BCUT2D eigenvalue weighted by Gasteiger charge is 2.09. The van der Waals surface area contributed by atoms with Gasteiger partial charge in [0.1, 0.15) is 11.6 Å². The highest BCUT2D eigenvalue weighted by molar-refractivity contribution is 6.02. The number of hydrogen-bond donors (Lipinski definition) is 1. The van der Waals surface area contributed by atoms with Gasteiger partial charge in [-0.3, -0.25) is 9.36 Å². The number of nitrogens with one attached hydrogen (secondary N) is 1. The highest BCUT2D eigenvalue weighted by atomic mass is 16.5. The molecule has 134 valence electrons. The Hall–Kier alpha value is -3.94. The quantitative estimate of drug-likeness (QED) is 0.583. The van der Waals surface area contributed by atoms with E-state index >= 15 is 0 Å². The summed E-state index contributed by atoms with van der Waals surface area (Å²) in [5.74, 6) is 2.36. The number of furan rings is 1. The van der Waals surface area contributed by atoms with Crippen LogP contribution in [0.15, 0.2) is 71.6 Å². The second-order valence-corrected chi connectivity index (χ2v) is 5.63. The van der Waals surface area contributed by atoms with Crippen LogP contribution < -0.4 is 10.1 Å². The Morgan fingerprint density at radius 2 is 1.96 bits per heavy atom. The summed E-state index contributed by atoms with van der Waals surface area (Å²) in [5, 5.41) is 11.0. The van der Waals surface area contributed by atoms with E-state index in [0.29, 0.717) is 23.1 Å². The lowest BCUT2D eigenvalue weighted by molar-refractivity contribution is 0.0996. The molecule has 0 atom stereocenters. The minimum Gasteiger partial charge on any atom is -0.459 e. The molecule has 1 aromatic carbocycles. The standard InChI is InChI=1S/C19H15N5O3/c1-13-20-10-11-24(13)17-8-9-18(23-22-17)27-15-6-4-14(5-7-15)21-19(25)16-3-2-12-26-16/h2-12H,1H3,(H,21,25). The molecule has 4 aromatic rings. The van der Waals surface area contributed by atoms with E-state index in [1.54, 1.807) is 54.7 Å². The second kappa shape index (κ2) is 7.12. The number of aromatic nitrogens is 4. The number of carbonyl (C=O) groups excluding carboxylic acids is 1. The van der Waals surface area contributed by atoms with E-state index in [2.05, 4.69) is 20.5 Å². The molecule has 1 N–H and O–H groups in total. The highest BCUT2D eigenvalue weighted by Crippen LogP contribution is 2.22. The summed E-state index contributed by atoms with van der Waals surface area (Å²) < 4.78 is 12.6. The van der Waals surface area contributed by atoms with Crippen molar-refractivity contribution < 1.29 is 13.9 Å². The van der Waals surface area contributed by atoms with Gasteiger partial charge in [-0.2, -0.15) is 0 Å². The maximum atomic E-state index is 11.9. The largest absolute Gasteiger partial charge is 0.459 e. The molecule has 0 radical (unpaired) electrons. The molecule has 3 aromatic heterocycles. The number of hydrogen-bond acceptors (Lipinski definition) is 6. The number of aryl methyl sites for hydroxylation is 1. The summed E-state index contributed by atoms with van der Waals surface area (Å²) in [7, 11) is 0. The number of ether oxygens (including phenoxy) is 1. The molecule has 0 aliphatic heterocycles. The number of carbonyl (C=O) groups is 1. The van der Waals surface area contributed by atoms with Gasteiger partial charge in [0.25, 0.3) is 5.91 Å². The minimum atomic E-state index is -0.315. The van der Waals surface area contributed by atoms with Gasteiger partial charge in [0.15, 0.2) is 11.6 Å². The van der Waals surface area contributed by atoms with Crippen molar-refractivity contribution in [1.29, 1.82) is 0 Å². The average molecular weight is 361 g/mol. The first-order valence-electron chi connectivity index (χ1n) is 8.16. The molecule has 0 bridgehead atoms. The fraction of sp³-hybridized carbons (Fsp3) is 0.0526. The Morgan fingerprint density at radius 3 is 2.59 bits per heavy atom. The van der Waals surface area contributed by atoms with Crippen LogP contribution >= 0.6 is 0 Å². The van der Waals surface area contributed by atoms with E-state index in [1.165, 1.54) is 6.26 Å². The van der Waals surface area contributed by atoms with Crippen LogP contribution in [0.2, 0.25) is 0 Å². The molecule has 8 nitrogen and oxygen atoms in total. The zero-order valence-electron chi connectivity index (χ0n) is 14.4. The summed E-state index contributed by atoms with van der Waals surface area (Å²) in [4.78, 5) is 16.1. The Labute approximate surface area is 154 Å². The van der Waals surface area contributed by atoms with Crippen molar-refractivity contribution in [3.63, 3.8) is 0 Å². The van der Waals surface area contributed by atoms with Crippen LogP contribution in [0.3, 0.4) is 0 Å². The summed E-state index contributed by atoms with van der Waals surface area (Å²) in [6.45, 7) is 1.89. The maximum Gasteiger partial charge on any atom is 0.291 e. The Balaban J connectivity index is 1.41. The molecule has 8 heteroatoms. The monoisotopic (exact) mass is 361 g/mol. The fourth-order valence-corrected chi connectivity index (χ4v) is 2.44. The van der Waals surface area contributed by atoms with Crippen molar-refractivity contribution in [1.82, 2.24) is 19.7 Å². The topological polar surface area (TPSA) is 95.1 Å². The molecule has 0 aliphatic carbocycles. The van der Waals surface area contributed by atoms with Gasteiger partial charge in [0.05, 0.1) is 6.26 Å².